The molecule has 142 valence electrons. The molecule has 0 fully saturated rings. The fourth-order valence-electron chi connectivity index (χ4n) is 2.33. The minimum absolute atomic E-state index is 0.198. The minimum Gasteiger partial charge on any atom is -0.482 e. The lowest BCUT2D eigenvalue weighted by Gasteiger charge is -2.08. The van der Waals surface area contributed by atoms with Crippen LogP contribution in [0.5, 0.6) is 11.5 Å². The summed E-state index contributed by atoms with van der Waals surface area (Å²) in [6.07, 6.45) is 0. The summed E-state index contributed by atoms with van der Waals surface area (Å²) < 4.78 is 16.7. The number of carbonyl (C=O) groups is 2. The molecule has 0 radical (unpaired) electrons. The third kappa shape index (κ3) is 5.96. The highest BCUT2D eigenvalue weighted by Gasteiger charge is 2.10. The van der Waals surface area contributed by atoms with Crippen LogP contribution < -0.4 is 9.47 Å². The molecule has 0 aliphatic carbocycles. The van der Waals surface area contributed by atoms with Gasteiger partial charge in [-0.3, -0.25) is 0 Å². The lowest BCUT2D eigenvalue weighted by molar-refractivity contribution is -0.136. The van der Waals surface area contributed by atoms with E-state index in [2.05, 4.69) is 15.9 Å². The molecule has 0 N–H and O–H groups in total. The van der Waals surface area contributed by atoms with Crippen molar-refractivity contribution < 1.29 is 23.8 Å². The number of hydrogen-bond donors (Lipinski definition) is 0. The van der Waals surface area contributed by atoms with Gasteiger partial charge >= 0.3 is 11.9 Å². The first-order valence-corrected chi connectivity index (χ1v) is 9.29. The van der Waals surface area contributed by atoms with Crippen molar-refractivity contribution in [2.45, 2.75) is 6.61 Å². The molecule has 0 bridgehead atoms. The molecule has 0 unspecified atom stereocenters. The fraction of sp³-hybridized carbons (Fsp3) is 0.0909. The zero-order valence-corrected chi connectivity index (χ0v) is 16.4. The molecule has 28 heavy (non-hydrogen) atoms. The van der Waals surface area contributed by atoms with Gasteiger partial charge in [0.2, 0.25) is 0 Å². The second kappa shape index (κ2) is 9.71. The summed E-state index contributed by atoms with van der Waals surface area (Å²) in [6, 6.07) is 22.8. The first-order valence-electron chi connectivity index (χ1n) is 8.50. The first kappa shape index (κ1) is 19.6. The molecule has 0 saturated carbocycles. The molecule has 0 spiro atoms. The van der Waals surface area contributed by atoms with Gasteiger partial charge in [0.05, 0.1) is 5.56 Å². The van der Waals surface area contributed by atoms with Crippen LogP contribution in [0.3, 0.4) is 0 Å². The highest BCUT2D eigenvalue weighted by atomic mass is 79.9. The summed E-state index contributed by atoms with van der Waals surface area (Å²) in [4.78, 5) is 24.0. The Morgan fingerprint density at radius 2 is 1.57 bits per heavy atom. The van der Waals surface area contributed by atoms with Gasteiger partial charge in [0.1, 0.15) is 18.1 Å². The van der Waals surface area contributed by atoms with Gasteiger partial charge in [-0.05, 0) is 48.0 Å². The number of benzene rings is 3. The topological polar surface area (TPSA) is 61.8 Å². The molecule has 0 saturated heterocycles. The molecular formula is C22H17BrO5. The van der Waals surface area contributed by atoms with Gasteiger partial charge in [0.25, 0.3) is 0 Å². The third-order valence-electron chi connectivity index (χ3n) is 3.69. The van der Waals surface area contributed by atoms with E-state index in [0.717, 1.165) is 10.0 Å². The summed E-state index contributed by atoms with van der Waals surface area (Å²) in [7, 11) is 0. The standard InChI is InChI=1S/C22H17BrO5/c23-18-7-4-8-20(13-18)26-15-21(24)28-19-11-9-17(10-12-19)22(25)27-14-16-5-2-1-3-6-16/h1-13H,14-15H2. The van der Waals surface area contributed by atoms with E-state index in [1.165, 1.54) is 12.1 Å². The summed E-state index contributed by atoms with van der Waals surface area (Å²) in [5.41, 5.74) is 1.29. The number of carbonyl (C=O) groups excluding carboxylic acids is 2. The van der Waals surface area contributed by atoms with Crippen molar-refractivity contribution in [3.63, 3.8) is 0 Å². The van der Waals surface area contributed by atoms with Crippen LogP contribution in [0.4, 0.5) is 0 Å². The van der Waals surface area contributed by atoms with Crippen LogP contribution in [0.25, 0.3) is 0 Å². The van der Waals surface area contributed by atoms with Crippen LogP contribution in [0.2, 0.25) is 0 Å². The van der Waals surface area contributed by atoms with Crippen LogP contribution >= 0.6 is 15.9 Å². The Kier molecular flexibility index (Phi) is 6.81. The molecule has 3 aromatic rings. The summed E-state index contributed by atoms with van der Waals surface area (Å²) in [5.74, 6) is -0.107. The summed E-state index contributed by atoms with van der Waals surface area (Å²) in [5, 5.41) is 0. The molecule has 3 rings (SSSR count). The van der Waals surface area contributed by atoms with Crippen molar-refractivity contribution in [1.29, 1.82) is 0 Å². The van der Waals surface area contributed by atoms with Gasteiger partial charge in [-0.1, -0.05) is 52.3 Å². The van der Waals surface area contributed by atoms with Crippen molar-refractivity contribution in [1.82, 2.24) is 0 Å². The molecule has 0 amide bonds. The number of ether oxygens (including phenoxy) is 3. The van der Waals surface area contributed by atoms with Gasteiger partial charge in [-0.25, -0.2) is 9.59 Å². The van der Waals surface area contributed by atoms with E-state index in [1.807, 2.05) is 36.4 Å². The average Bonchev–Trinajstić information content (AvgIpc) is 2.72. The zero-order chi connectivity index (χ0) is 19.8. The van der Waals surface area contributed by atoms with Crippen molar-refractivity contribution >= 4 is 27.9 Å². The predicted molar refractivity (Wildman–Crippen MR) is 107 cm³/mol. The lowest BCUT2D eigenvalue weighted by atomic mass is 10.2. The summed E-state index contributed by atoms with van der Waals surface area (Å²) in [6.45, 7) is -0.0271. The highest BCUT2D eigenvalue weighted by Crippen LogP contribution is 2.18. The van der Waals surface area contributed by atoms with Crippen molar-refractivity contribution in [3.05, 3.63) is 94.5 Å². The molecule has 5 nitrogen and oxygen atoms in total. The van der Waals surface area contributed by atoms with E-state index in [0.29, 0.717) is 17.1 Å². The fourth-order valence-corrected chi connectivity index (χ4v) is 2.70. The lowest BCUT2D eigenvalue weighted by Crippen LogP contribution is -2.17. The van der Waals surface area contributed by atoms with E-state index >= 15 is 0 Å². The molecule has 0 aliphatic rings. The molecular weight excluding hydrogens is 424 g/mol. The Bertz CT molecular complexity index is 939. The average molecular weight is 441 g/mol. The molecule has 0 aliphatic heterocycles. The Morgan fingerprint density at radius 3 is 2.29 bits per heavy atom. The maximum Gasteiger partial charge on any atom is 0.349 e. The normalized spacial score (nSPS) is 10.2. The number of halogens is 1. The number of esters is 2. The van der Waals surface area contributed by atoms with Gasteiger partial charge in [-0.15, -0.1) is 0 Å². The number of hydrogen-bond acceptors (Lipinski definition) is 5. The van der Waals surface area contributed by atoms with Crippen molar-refractivity contribution in [2.24, 2.45) is 0 Å². The van der Waals surface area contributed by atoms with Crippen LogP contribution in [0.1, 0.15) is 15.9 Å². The Morgan fingerprint density at radius 1 is 0.821 bits per heavy atom. The molecule has 0 aromatic heterocycles. The Hall–Kier alpha value is -3.12. The largest absolute Gasteiger partial charge is 0.482 e. The second-order valence-corrected chi connectivity index (χ2v) is 6.72. The van der Waals surface area contributed by atoms with Gasteiger partial charge in [0.15, 0.2) is 6.61 Å². The molecule has 0 atom stereocenters. The van der Waals surface area contributed by atoms with E-state index in [1.54, 1.807) is 30.3 Å². The van der Waals surface area contributed by atoms with E-state index in [4.69, 9.17) is 14.2 Å². The van der Waals surface area contributed by atoms with E-state index < -0.39 is 11.9 Å². The zero-order valence-electron chi connectivity index (χ0n) is 14.8. The first-order chi connectivity index (χ1) is 13.6. The minimum atomic E-state index is -0.542. The Labute approximate surface area is 171 Å². The van der Waals surface area contributed by atoms with Crippen LogP contribution in [0.15, 0.2) is 83.3 Å². The van der Waals surface area contributed by atoms with E-state index in [9.17, 15) is 9.59 Å². The second-order valence-electron chi connectivity index (χ2n) is 5.81. The van der Waals surface area contributed by atoms with Crippen molar-refractivity contribution in [3.8, 4) is 11.5 Å². The van der Waals surface area contributed by atoms with Crippen LogP contribution in [-0.2, 0) is 16.1 Å². The monoisotopic (exact) mass is 440 g/mol. The van der Waals surface area contributed by atoms with Crippen LogP contribution in [-0.4, -0.2) is 18.5 Å². The predicted octanol–water partition coefficient (Wildman–Crippen LogP) is 4.79. The Balaban J connectivity index is 1.48. The smallest absolute Gasteiger partial charge is 0.349 e. The third-order valence-corrected chi connectivity index (χ3v) is 4.18. The summed E-state index contributed by atoms with van der Waals surface area (Å²) >= 11 is 3.33. The van der Waals surface area contributed by atoms with Crippen molar-refractivity contribution in [2.75, 3.05) is 6.61 Å². The maximum absolute atomic E-state index is 12.1. The molecule has 6 heteroatoms. The van der Waals surface area contributed by atoms with Crippen LogP contribution in [0, 0.1) is 0 Å². The molecule has 3 aromatic carbocycles. The maximum atomic E-state index is 12.1. The van der Waals surface area contributed by atoms with Gasteiger partial charge in [0, 0.05) is 4.47 Å². The SMILES string of the molecule is O=C(COc1cccc(Br)c1)Oc1ccc(C(=O)OCc2ccccc2)cc1. The highest BCUT2D eigenvalue weighted by molar-refractivity contribution is 9.10. The quantitative estimate of drug-likeness (QED) is 0.390. The number of rotatable bonds is 7. The molecule has 0 heterocycles. The van der Waals surface area contributed by atoms with E-state index in [-0.39, 0.29) is 13.2 Å². The van der Waals surface area contributed by atoms with Gasteiger partial charge in [-0.2, -0.15) is 0 Å². The van der Waals surface area contributed by atoms with Gasteiger partial charge < -0.3 is 14.2 Å².